The van der Waals surface area contributed by atoms with Crippen LogP contribution in [0.5, 0.6) is 0 Å². The highest BCUT2D eigenvalue weighted by Gasteiger charge is 2.44. The molecule has 1 aliphatic heterocycles. The van der Waals surface area contributed by atoms with E-state index >= 15 is 0 Å². The number of hydrogen-bond donors (Lipinski definition) is 0. The topological polar surface area (TPSA) is 100 Å². The summed E-state index contributed by atoms with van der Waals surface area (Å²) in [7, 11) is 5.32. The van der Waals surface area contributed by atoms with Crippen molar-refractivity contribution in [3.63, 3.8) is 0 Å². The number of benzene rings is 1. The fourth-order valence-electron chi connectivity index (χ4n) is 5.60. The van der Waals surface area contributed by atoms with E-state index in [1.807, 2.05) is 50.2 Å². The van der Waals surface area contributed by atoms with Crippen molar-refractivity contribution in [2.75, 3.05) is 27.3 Å². The van der Waals surface area contributed by atoms with Gasteiger partial charge >= 0.3 is 6.09 Å². The number of amides is 1. The van der Waals surface area contributed by atoms with Crippen LogP contribution >= 0.6 is 0 Å². The first-order chi connectivity index (χ1) is 18.4. The van der Waals surface area contributed by atoms with E-state index in [-0.39, 0.29) is 30.1 Å². The molecule has 1 saturated heterocycles. The van der Waals surface area contributed by atoms with Gasteiger partial charge in [0.25, 0.3) is 0 Å². The summed E-state index contributed by atoms with van der Waals surface area (Å²) in [5.41, 5.74) is 4.97. The third-order valence-electron chi connectivity index (χ3n) is 7.44. The minimum absolute atomic E-state index is 0.0901. The summed E-state index contributed by atoms with van der Waals surface area (Å²) in [4.78, 5) is 22.9. The number of carbonyl (C=O) groups excluding carboxylic acids is 1. The first-order valence-electron chi connectivity index (χ1n) is 12.9. The summed E-state index contributed by atoms with van der Waals surface area (Å²) >= 11 is 0. The van der Waals surface area contributed by atoms with Gasteiger partial charge in [-0.3, -0.25) is 9.36 Å². The Balaban J connectivity index is 1.18. The molecule has 10 heteroatoms. The average molecular weight is 514 g/mol. The van der Waals surface area contributed by atoms with Crippen molar-refractivity contribution >= 4 is 6.09 Å². The van der Waals surface area contributed by atoms with Gasteiger partial charge < -0.3 is 14.4 Å². The van der Waals surface area contributed by atoms with Gasteiger partial charge in [0.15, 0.2) is 5.82 Å². The summed E-state index contributed by atoms with van der Waals surface area (Å²) in [6, 6.07) is 8.37. The standard InChI is InChI=1S/C28H31N7O3/c1-33(2)28(36)38-25-8-20-16-37-17-21(9-25)26(20)35-15-24(13-32-35)22-10-29-27(30-11-22)19-6-4-5-18(7-19)23-12-31-34(3)14-23/h4-7,10-15,20-21,25-26H,8-9,16-17H2,1-3H3/t20-,21+,25?,26+. The predicted octanol–water partition coefficient (Wildman–Crippen LogP) is 4.07. The lowest BCUT2D eigenvalue weighted by molar-refractivity contribution is -0.0927. The van der Waals surface area contributed by atoms with Crippen LogP contribution in [0.25, 0.3) is 33.6 Å². The van der Waals surface area contributed by atoms with E-state index in [0.29, 0.717) is 19.0 Å². The van der Waals surface area contributed by atoms with Gasteiger partial charge in [0.1, 0.15) is 6.10 Å². The summed E-state index contributed by atoms with van der Waals surface area (Å²) < 4.78 is 15.4. The van der Waals surface area contributed by atoms with Crippen LogP contribution in [0.4, 0.5) is 4.79 Å². The van der Waals surface area contributed by atoms with Crippen LogP contribution in [0.2, 0.25) is 0 Å². The SMILES string of the molecule is CN(C)C(=O)OC1C[C@H]2COC[C@@H](C1)[C@@H]2n1cc(-c2cnc(-c3cccc(-c4cnn(C)c4)c3)nc2)cn1. The molecule has 2 aliphatic rings. The van der Waals surface area contributed by atoms with Gasteiger partial charge in [-0.1, -0.05) is 18.2 Å². The molecule has 1 saturated carbocycles. The van der Waals surface area contributed by atoms with Crippen LogP contribution in [0.1, 0.15) is 18.9 Å². The highest BCUT2D eigenvalue weighted by molar-refractivity contribution is 5.70. The molecule has 1 amide bonds. The zero-order chi connectivity index (χ0) is 26.2. The molecule has 10 nitrogen and oxygen atoms in total. The first-order valence-corrected chi connectivity index (χ1v) is 12.9. The van der Waals surface area contributed by atoms with Crippen molar-refractivity contribution in [3.05, 3.63) is 61.4 Å². The van der Waals surface area contributed by atoms with Crippen molar-refractivity contribution < 1.29 is 14.3 Å². The second kappa shape index (κ2) is 10.0. The Morgan fingerprint density at radius 2 is 1.61 bits per heavy atom. The monoisotopic (exact) mass is 513 g/mol. The Morgan fingerprint density at radius 1 is 0.921 bits per heavy atom. The lowest BCUT2D eigenvalue weighted by Crippen LogP contribution is -2.46. The van der Waals surface area contributed by atoms with Crippen molar-refractivity contribution in [1.29, 1.82) is 0 Å². The van der Waals surface area contributed by atoms with Crippen LogP contribution in [-0.2, 0) is 16.5 Å². The van der Waals surface area contributed by atoms with Gasteiger partial charge in [0.05, 0.1) is 31.6 Å². The molecule has 4 heterocycles. The number of aromatic nitrogens is 6. The molecule has 1 aliphatic carbocycles. The van der Waals surface area contributed by atoms with Gasteiger partial charge in [-0.05, 0) is 24.5 Å². The molecule has 0 radical (unpaired) electrons. The summed E-state index contributed by atoms with van der Waals surface area (Å²) in [5.74, 6) is 1.14. The Morgan fingerprint density at radius 3 is 2.29 bits per heavy atom. The molecule has 2 fully saturated rings. The molecule has 3 aromatic heterocycles. The maximum atomic E-state index is 12.1. The number of fused-ring (bicyclic) bond motifs is 2. The number of rotatable bonds is 5. The molecule has 1 unspecified atom stereocenters. The van der Waals surface area contributed by atoms with Crippen molar-refractivity contribution in [2.24, 2.45) is 18.9 Å². The van der Waals surface area contributed by atoms with Gasteiger partial charge in [-0.2, -0.15) is 10.2 Å². The molecule has 38 heavy (non-hydrogen) atoms. The fourth-order valence-corrected chi connectivity index (χ4v) is 5.60. The van der Waals surface area contributed by atoms with E-state index in [0.717, 1.165) is 40.7 Å². The smallest absolute Gasteiger partial charge is 0.409 e. The maximum absolute atomic E-state index is 12.1. The van der Waals surface area contributed by atoms with E-state index in [4.69, 9.17) is 14.6 Å². The Kier molecular flexibility index (Phi) is 6.40. The molecular weight excluding hydrogens is 482 g/mol. The van der Waals surface area contributed by atoms with Gasteiger partial charge in [-0.25, -0.2) is 14.8 Å². The number of ether oxygens (including phenoxy) is 2. The normalized spacial score (nSPS) is 22.7. The lowest BCUT2D eigenvalue weighted by atomic mass is 9.74. The fraction of sp³-hybridized carbons (Fsp3) is 0.393. The quantitative estimate of drug-likeness (QED) is 0.397. The highest BCUT2D eigenvalue weighted by atomic mass is 16.6. The maximum Gasteiger partial charge on any atom is 0.409 e. The molecule has 1 aromatic carbocycles. The van der Waals surface area contributed by atoms with E-state index in [2.05, 4.69) is 38.1 Å². The van der Waals surface area contributed by atoms with Gasteiger partial charge in [0.2, 0.25) is 0 Å². The molecule has 196 valence electrons. The summed E-state index contributed by atoms with van der Waals surface area (Å²) in [5, 5.41) is 8.99. The van der Waals surface area contributed by atoms with Crippen molar-refractivity contribution in [3.8, 4) is 33.6 Å². The number of nitrogens with zero attached hydrogens (tertiary/aromatic N) is 7. The average Bonchev–Trinajstić information content (AvgIpc) is 3.58. The third-order valence-corrected chi connectivity index (χ3v) is 7.44. The summed E-state index contributed by atoms with van der Waals surface area (Å²) in [6.45, 7) is 1.28. The van der Waals surface area contributed by atoms with E-state index in [1.165, 1.54) is 4.90 Å². The third kappa shape index (κ3) is 4.79. The number of aryl methyl sites for hydroxylation is 1. The van der Waals surface area contributed by atoms with Crippen LogP contribution in [0.15, 0.2) is 61.4 Å². The number of hydrogen-bond acceptors (Lipinski definition) is 7. The van der Waals surface area contributed by atoms with Crippen LogP contribution in [0.3, 0.4) is 0 Å². The molecule has 4 atom stereocenters. The lowest BCUT2D eigenvalue weighted by Gasteiger charge is -2.45. The zero-order valence-electron chi connectivity index (χ0n) is 21.8. The first kappa shape index (κ1) is 24.3. The Hall–Kier alpha value is -4.05. The van der Waals surface area contributed by atoms with Crippen LogP contribution < -0.4 is 0 Å². The van der Waals surface area contributed by atoms with Crippen molar-refractivity contribution in [2.45, 2.75) is 25.0 Å². The van der Waals surface area contributed by atoms with E-state index < -0.39 is 0 Å². The van der Waals surface area contributed by atoms with Crippen LogP contribution in [0, 0.1) is 11.8 Å². The van der Waals surface area contributed by atoms with E-state index in [1.54, 1.807) is 18.8 Å². The second-order valence-electron chi connectivity index (χ2n) is 10.4. The van der Waals surface area contributed by atoms with E-state index in [9.17, 15) is 4.79 Å². The molecule has 6 rings (SSSR count). The molecule has 0 spiro atoms. The molecule has 4 aromatic rings. The van der Waals surface area contributed by atoms with Gasteiger partial charge in [0, 0.05) is 80.0 Å². The minimum atomic E-state index is -0.291. The Bertz CT molecular complexity index is 1410. The van der Waals surface area contributed by atoms with Crippen LogP contribution in [-0.4, -0.2) is 73.9 Å². The zero-order valence-corrected chi connectivity index (χ0v) is 21.8. The molecule has 2 bridgehead atoms. The molecular formula is C28H31N7O3. The number of carbonyl (C=O) groups is 1. The highest BCUT2D eigenvalue weighted by Crippen LogP contribution is 2.43. The predicted molar refractivity (Wildman–Crippen MR) is 141 cm³/mol. The second-order valence-corrected chi connectivity index (χ2v) is 10.4. The largest absolute Gasteiger partial charge is 0.446 e. The minimum Gasteiger partial charge on any atom is -0.446 e. The van der Waals surface area contributed by atoms with Crippen molar-refractivity contribution in [1.82, 2.24) is 34.4 Å². The summed E-state index contributed by atoms with van der Waals surface area (Å²) in [6.07, 6.45) is 12.6. The Labute approximate surface area is 221 Å². The molecule has 0 N–H and O–H groups in total. The van der Waals surface area contributed by atoms with Gasteiger partial charge in [-0.15, -0.1) is 0 Å².